The number of likely N-dealkylation sites (tertiary alicyclic amines) is 1. The maximum atomic E-state index is 13.0. The van der Waals surface area contributed by atoms with Gasteiger partial charge in [-0.1, -0.05) is 42.5 Å². The summed E-state index contributed by atoms with van der Waals surface area (Å²) in [5.41, 5.74) is 2.24. The highest BCUT2D eigenvalue weighted by Gasteiger charge is 2.34. The Labute approximate surface area is 165 Å². The van der Waals surface area contributed by atoms with E-state index in [2.05, 4.69) is 17.4 Å². The Hall–Kier alpha value is -2.69. The Balaban J connectivity index is 1.43. The number of hydrogen-bond acceptors (Lipinski definition) is 2. The van der Waals surface area contributed by atoms with Crippen molar-refractivity contribution in [3.63, 3.8) is 0 Å². The molecule has 1 heterocycles. The van der Waals surface area contributed by atoms with Crippen LogP contribution in [-0.2, 0) is 22.4 Å². The normalized spacial score (nSPS) is 17.6. The molecule has 2 aromatic carbocycles. The summed E-state index contributed by atoms with van der Waals surface area (Å²) in [6.07, 6.45) is 2.70. The second kappa shape index (κ2) is 9.49. The van der Waals surface area contributed by atoms with Crippen molar-refractivity contribution in [3.05, 3.63) is 71.5 Å². The maximum absolute atomic E-state index is 13.0. The molecule has 1 N–H and O–H groups in total. The minimum absolute atomic E-state index is 0.0131. The molecule has 0 aliphatic carbocycles. The molecule has 5 heteroatoms. The SMILES string of the molecule is C[C@H](CCc1ccccc1)NC(=O)[C@@H]1CC(=O)N(CCc2ccc(F)cc2)C1. The van der Waals surface area contributed by atoms with Crippen molar-refractivity contribution in [1.29, 1.82) is 0 Å². The number of aryl methyl sites for hydroxylation is 1. The van der Waals surface area contributed by atoms with Crippen molar-refractivity contribution in [1.82, 2.24) is 10.2 Å². The van der Waals surface area contributed by atoms with E-state index in [0.29, 0.717) is 19.5 Å². The molecule has 0 bridgehead atoms. The van der Waals surface area contributed by atoms with Gasteiger partial charge in [0.2, 0.25) is 11.8 Å². The second-order valence-electron chi connectivity index (χ2n) is 7.55. The Kier molecular flexibility index (Phi) is 6.80. The summed E-state index contributed by atoms with van der Waals surface area (Å²) in [4.78, 5) is 26.5. The van der Waals surface area contributed by atoms with Crippen LogP contribution in [0, 0.1) is 11.7 Å². The number of nitrogens with zero attached hydrogens (tertiary/aromatic N) is 1. The van der Waals surface area contributed by atoms with Crippen LogP contribution in [0.3, 0.4) is 0 Å². The molecule has 1 aliphatic rings. The average molecular weight is 382 g/mol. The highest BCUT2D eigenvalue weighted by Crippen LogP contribution is 2.19. The smallest absolute Gasteiger partial charge is 0.225 e. The topological polar surface area (TPSA) is 49.4 Å². The van der Waals surface area contributed by atoms with Crippen LogP contribution >= 0.6 is 0 Å². The van der Waals surface area contributed by atoms with Gasteiger partial charge in [0.15, 0.2) is 0 Å². The van der Waals surface area contributed by atoms with Crippen molar-refractivity contribution >= 4 is 11.8 Å². The molecule has 1 saturated heterocycles. The van der Waals surface area contributed by atoms with Gasteiger partial charge >= 0.3 is 0 Å². The van der Waals surface area contributed by atoms with E-state index < -0.39 is 0 Å². The number of hydrogen-bond donors (Lipinski definition) is 1. The van der Waals surface area contributed by atoms with E-state index in [4.69, 9.17) is 0 Å². The van der Waals surface area contributed by atoms with Crippen LogP contribution in [0.4, 0.5) is 4.39 Å². The molecule has 2 atom stereocenters. The number of nitrogens with one attached hydrogen (secondary N) is 1. The van der Waals surface area contributed by atoms with Crippen molar-refractivity contribution in [2.24, 2.45) is 5.92 Å². The first kappa shape index (κ1) is 20.1. The van der Waals surface area contributed by atoms with E-state index in [1.54, 1.807) is 17.0 Å². The van der Waals surface area contributed by atoms with Crippen molar-refractivity contribution in [3.8, 4) is 0 Å². The molecule has 0 unspecified atom stereocenters. The fraction of sp³-hybridized carbons (Fsp3) is 0.391. The zero-order valence-electron chi connectivity index (χ0n) is 16.2. The van der Waals surface area contributed by atoms with E-state index in [-0.39, 0.29) is 36.0 Å². The first-order valence-electron chi connectivity index (χ1n) is 9.88. The van der Waals surface area contributed by atoms with Crippen LogP contribution in [0.1, 0.15) is 30.9 Å². The van der Waals surface area contributed by atoms with Crippen LogP contribution in [0.5, 0.6) is 0 Å². The van der Waals surface area contributed by atoms with Gasteiger partial charge in [0.1, 0.15) is 5.82 Å². The third-order valence-electron chi connectivity index (χ3n) is 5.27. The van der Waals surface area contributed by atoms with Gasteiger partial charge in [-0.2, -0.15) is 0 Å². The molecule has 1 fully saturated rings. The lowest BCUT2D eigenvalue weighted by Gasteiger charge is -2.18. The number of halogens is 1. The molecular formula is C23H27FN2O2. The Morgan fingerprint density at radius 1 is 1.11 bits per heavy atom. The van der Waals surface area contributed by atoms with Crippen LogP contribution in [0.25, 0.3) is 0 Å². The standard InChI is InChI=1S/C23H27FN2O2/c1-17(7-8-18-5-3-2-4-6-18)25-23(28)20-15-22(27)26(16-20)14-13-19-9-11-21(24)12-10-19/h2-6,9-12,17,20H,7-8,13-16H2,1H3,(H,25,28)/t17-,20-/m1/s1. The average Bonchev–Trinajstić information content (AvgIpc) is 3.08. The number of amides is 2. The van der Waals surface area contributed by atoms with Crippen molar-refractivity contribution in [2.75, 3.05) is 13.1 Å². The molecule has 148 valence electrons. The summed E-state index contributed by atoms with van der Waals surface area (Å²) in [5, 5.41) is 3.05. The molecule has 1 aliphatic heterocycles. The highest BCUT2D eigenvalue weighted by atomic mass is 19.1. The summed E-state index contributed by atoms with van der Waals surface area (Å²) in [6.45, 7) is 3.01. The maximum Gasteiger partial charge on any atom is 0.225 e. The lowest BCUT2D eigenvalue weighted by molar-refractivity contribution is -0.129. The van der Waals surface area contributed by atoms with Crippen molar-refractivity contribution < 1.29 is 14.0 Å². The first-order valence-corrected chi connectivity index (χ1v) is 9.88. The van der Waals surface area contributed by atoms with Gasteiger partial charge in [-0.25, -0.2) is 4.39 Å². The monoisotopic (exact) mass is 382 g/mol. The van der Waals surface area contributed by atoms with Crippen molar-refractivity contribution in [2.45, 2.75) is 38.6 Å². The molecule has 0 radical (unpaired) electrons. The fourth-order valence-electron chi connectivity index (χ4n) is 3.54. The van der Waals surface area contributed by atoms with Crippen LogP contribution in [0.2, 0.25) is 0 Å². The zero-order chi connectivity index (χ0) is 19.9. The van der Waals surface area contributed by atoms with Gasteiger partial charge in [0, 0.05) is 25.6 Å². The van der Waals surface area contributed by atoms with Crippen LogP contribution in [-0.4, -0.2) is 35.8 Å². The van der Waals surface area contributed by atoms with Crippen LogP contribution in [0.15, 0.2) is 54.6 Å². The van der Waals surface area contributed by atoms with Gasteiger partial charge in [0.25, 0.3) is 0 Å². The summed E-state index contributed by atoms with van der Waals surface area (Å²) in [7, 11) is 0. The highest BCUT2D eigenvalue weighted by molar-refractivity contribution is 5.89. The van der Waals surface area contributed by atoms with Crippen LogP contribution < -0.4 is 5.32 Å². The van der Waals surface area contributed by atoms with Gasteiger partial charge in [0.05, 0.1) is 5.92 Å². The predicted molar refractivity (Wildman–Crippen MR) is 107 cm³/mol. The number of rotatable bonds is 8. The molecule has 0 aromatic heterocycles. The zero-order valence-corrected chi connectivity index (χ0v) is 16.2. The summed E-state index contributed by atoms with van der Waals surface area (Å²) >= 11 is 0. The predicted octanol–water partition coefficient (Wildman–Crippen LogP) is 3.35. The van der Waals surface area contributed by atoms with E-state index in [1.807, 2.05) is 25.1 Å². The van der Waals surface area contributed by atoms with Gasteiger partial charge in [-0.05, 0) is 49.4 Å². The molecule has 2 amide bonds. The van der Waals surface area contributed by atoms with E-state index >= 15 is 0 Å². The summed E-state index contributed by atoms with van der Waals surface area (Å²) < 4.78 is 13.0. The number of carbonyl (C=O) groups excluding carboxylic acids is 2. The molecule has 0 saturated carbocycles. The quantitative estimate of drug-likeness (QED) is 0.761. The van der Waals surface area contributed by atoms with E-state index in [0.717, 1.165) is 18.4 Å². The lowest BCUT2D eigenvalue weighted by atomic mass is 10.0. The summed E-state index contributed by atoms with van der Waals surface area (Å²) in [5.74, 6) is -0.587. The molecule has 2 aromatic rings. The first-order chi connectivity index (χ1) is 13.5. The number of benzene rings is 2. The summed E-state index contributed by atoms with van der Waals surface area (Å²) in [6, 6.07) is 16.6. The van der Waals surface area contributed by atoms with Gasteiger partial charge in [-0.3, -0.25) is 9.59 Å². The molecule has 0 spiro atoms. The second-order valence-corrected chi connectivity index (χ2v) is 7.55. The largest absolute Gasteiger partial charge is 0.353 e. The molecular weight excluding hydrogens is 355 g/mol. The van der Waals surface area contributed by atoms with E-state index in [1.165, 1.54) is 17.7 Å². The number of carbonyl (C=O) groups is 2. The Morgan fingerprint density at radius 2 is 1.79 bits per heavy atom. The third-order valence-corrected chi connectivity index (χ3v) is 5.27. The van der Waals surface area contributed by atoms with Gasteiger partial charge < -0.3 is 10.2 Å². The molecule has 3 rings (SSSR count). The molecule has 4 nitrogen and oxygen atoms in total. The Bertz CT molecular complexity index is 792. The Morgan fingerprint density at radius 3 is 2.50 bits per heavy atom. The minimum Gasteiger partial charge on any atom is -0.353 e. The minimum atomic E-state index is -0.292. The molecule has 28 heavy (non-hydrogen) atoms. The lowest BCUT2D eigenvalue weighted by Crippen LogP contribution is -2.38. The fourth-order valence-corrected chi connectivity index (χ4v) is 3.54. The third kappa shape index (κ3) is 5.65. The van der Waals surface area contributed by atoms with E-state index in [9.17, 15) is 14.0 Å². The van der Waals surface area contributed by atoms with Gasteiger partial charge in [-0.15, -0.1) is 0 Å².